The van der Waals surface area contributed by atoms with E-state index in [1.54, 1.807) is 6.07 Å². The predicted octanol–water partition coefficient (Wildman–Crippen LogP) is 3.08. The first-order chi connectivity index (χ1) is 9.74. The fourth-order valence-corrected chi connectivity index (χ4v) is 2.50. The third-order valence-electron chi connectivity index (χ3n) is 3.38. The Morgan fingerprint density at radius 3 is 3.10 bits per heavy atom. The second-order valence-electron chi connectivity index (χ2n) is 4.84. The van der Waals surface area contributed by atoms with Crippen molar-refractivity contribution in [1.29, 1.82) is 0 Å². The molecular weight excluding hydrogens is 278 g/mol. The molecule has 0 saturated carbocycles. The molecule has 1 aromatic heterocycles. The van der Waals surface area contributed by atoms with Gasteiger partial charge in [-0.15, -0.1) is 0 Å². The van der Waals surface area contributed by atoms with Crippen molar-refractivity contribution in [3.63, 3.8) is 0 Å². The van der Waals surface area contributed by atoms with E-state index in [4.69, 9.17) is 21.1 Å². The zero-order valence-corrected chi connectivity index (χ0v) is 11.6. The van der Waals surface area contributed by atoms with Crippen LogP contribution in [0.3, 0.4) is 0 Å². The summed E-state index contributed by atoms with van der Waals surface area (Å²) in [5.74, 6) is -0.0695. The van der Waals surface area contributed by atoms with Crippen LogP contribution in [0.5, 0.6) is 0 Å². The van der Waals surface area contributed by atoms with Gasteiger partial charge in [0.2, 0.25) is 0 Å². The molecule has 5 heteroatoms. The van der Waals surface area contributed by atoms with Gasteiger partial charge in [0.05, 0.1) is 24.3 Å². The van der Waals surface area contributed by atoms with Gasteiger partial charge < -0.3 is 9.47 Å². The average molecular weight is 292 g/mol. The number of pyridine rings is 1. The lowest BCUT2D eigenvalue weighted by molar-refractivity contribution is 0.0430. The molecule has 1 saturated heterocycles. The predicted molar refractivity (Wildman–Crippen MR) is 76.0 cm³/mol. The summed E-state index contributed by atoms with van der Waals surface area (Å²) in [6.45, 7) is 1.78. The summed E-state index contributed by atoms with van der Waals surface area (Å²) < 4.78 is 10.6. The second kappa shape index (κ2) is 5.77. The molecule has 1 fully saturated rings. The van der Waals surface area contributed by atoms with E-state index in [-0.39, 0.29) is 5.97 Å². The van der Waals surface area contributed by atoms with Crippen molar-refractivity contribution < 1.29 is 14.3 Å². The van der Waals surface area contributed by atoms with Crippen molar-refractivity contribution in [2.75, 3.05) is 19.8 Å². The highest BCUT2D eigenvalue weighted by atomic mass is 35.5. The first-order valence-electron chi connectivity index (χ1n) is 6.54. The zero-order chi connectivity index (χ0) is 13.9. The molecule has 0 radical (unpaired) electrons. The van der Waals surface area contributed by atoms with Gasteiger partial charge in [0.1, 0.15) is 5.15 Å². The molecule has 3 rings (SSSR count). The largest absolute Gasteiger partial charge is 0.462 e. The van der Waals surface area contributed by atoms with Gasteiger partial charge in [-0.25, -0.2) is 9.78 Å². The Balaban J connectivity index is 1.83. The van der Waals surface area contributed by atoms with Crippen LogP contribution in [-0.2, 0) is 9.47 Å². The van der Waals surface area contributed by atoms with E-state index in [1.165, 1.54) is 0 Å². The molecule has 104 valence electrons. The summed E-state index contributed by atoms with van der Waals surface area (Å²) in [6.07, 6.45) is 0.936. The van der Waals surface area contributed by atoms with Crippen LogP contribution >= 0.6 is 11.6 Å². The number of aromatic nitrogens is 1. The van der Waals surface area contributed by atoms with Crippen LogP contribution in [0.25, 0.3) is 10.9 Å². The Hall–Kier alpha value is -1.65. The number of ether oxygens (including phenoxy) is 2. The first-order valence-corrected chi connectivity index (χ1v) is 6.92. The molecule has 1 aliphatic rings. The minimum Gasteiger partial charge on any atom is -0.462 e. The van der Waals surface area contributed by atoms with Crippen LogP contribution in [-0.4, -0.2) is 30.8 Å². The molecule has 1 aliphatic heterocycles. The highest BCUT2D eigenvalue weighted by molar-refractivity contribution is 6.30. The maximum atomic E-state index is 12.2. The van der Waals surface area contributed by atoms with Gasteiger partial charge >= 0.3 is 5.97 Å². The third kappa shape index (κ3) is 2.76. The summed E-state index contributed by atoms with van der Waals surface area (Å²) >= 11 is 5.96. The normalized spacial score (nSPS) is 18.4. The van der Waals surface area contributed by atoms with Gasteiger partial charge in [0, 0.05) is 17.9 Å². The molecule has 4 nitrogen and oxygen atoms in total. The highest BCUT2D eigenvalue weighted by Crippen LogP contribution is 2.22. The quantitative estimate of drug-likeness (QED) is 0.644. The lowest BCUT2D eigenvalue weighted by Gasteiger charge is -2.10. The van der Waals surface area contributed by atoms with Crippen LogP contribution in [0.15, 0.2) is 30.3 Å². The van der Waals surface area contributed by atoms with Gasteiger partial charge in [-0.3, -0.25) is 0 Å². The standard InChI is InChI=1S/C15H14ClNO3/c16-14-7-12(11-3-1-2-4-13(11)17-14)15(18)20-9-10-5-6-19-8-10/h1-4,7,10H,5-6,8-9H2. The van der Waals surface area contributed by atoms with Crippen molar-refractivity contribution in [1.82, 2.24) is 4.98 Å². The van der Waals surface area contributed by atoms with Crippen LogP contribution in [0.1, 0.15) is 16.8 Å². The van der Waals surface area contributed by atoms with E-state index < -0.39 is 0 Å². The summed E-state index contributed by atoms with van der Waals surface area (Å²) in [5, 5.41) is 1.05. The van der Waals surface area contributed by atoms with Crippen LogP contribution in [0.2, 0.25) is 5.15 Å². The molecule has 0 bridgehead atoms. The Kier molecular flexibility index (Phi) is 3.85. The van der Waals surface area contributed by atoms with Gasteiger partial charge in [0.15, 0.2) is 0 Å². The van der Waals surface area contributed by atoms with Crippen molar-refractivity contribution in [2.45, 2.75) is 6.42 Å². The van der Waals surface area contributed by atoms with Crippen molar-refractivity contribution >= 4 is 28.5 Å². The number of carbonyl (C=O) groups is 1. The number of hydrogen-bond donors (Lipinski definition) is 0. The zero-order valence-electron chi connectivity index (χ0n) is 10.8. The van der Waals surface area contributed by atoms with Gasteiger partial charge in [0.25, 0.3) is 0 Å². The Morgan fingerprint density at radius 1 is 1.45 bits per heavy atom. The first kappa shape index (κ1) is 13.3. The maximum absolute atomic E-state index is 12.2. The number of benzene rings is 1. The number of rotatable bonds is 3. The van der Waals surface area contributed by atoms with Crippen molar-refractivity contribution in [2.24, 2.45) is 5.92 Å². The minimum atomic E-state index is -0.364. The highest BCUT2D eigenvalue weighted by Gasteiger charge is 2.19. The second-order valence-corrected chi connectivity index (χ2v) is 5.23. The van der Waals surface area contributed by atoms with E-state index in [0.717, 1.165) is 18.4 Å². The van der Waals surface area contributed by atoms with Crippen LogP contribution < -0.4 is 0 Å². The SMILES string of the molecule is O=C(OCC1CCOC1)c1cc(Cl)nc2ccccc12. The fraction of sp³-hybridized carbons (Fsp3) is 0.333. The van der Waals surface area contributed by atoms with Gasteiger partial charge in [-0.2, -0.15) is 0 Å². The van der Waals surface area contributed by atoms with Crippen molar-refractivity contribution in [3.05, 3.63) is 41.0 Å². The lowest BCUT2D eigenvalue weighted by atomic mass is 10.1. The molecule has 1 unspecified atom stereocenters. The topological polar surface area (TPSA) is 48.4 Å². The average Bonchev–Trinajstić information content (AvgIpc) is 2.97. The number of para-hydroxylation sites is 1. The van der Waals surface area contributed by atoms with E-state index in [9.17, 15) is 4.79 Å². The van der Waals surface area contributed by atoms with Crippen LogP contribution in [0, 0.1) is 5.92 Å². The third-order valence-corrected chi connectivity index (χ3v) is 3.57. The molecule has 2 aromatic rings. The lowest BCUT2D eigenvalue weighted by Crippen LogP contribution is -2.14. The summed E-state index contributed by atoms with van der Waals surface area (Å²) in [7, 11) is 0. The van der Waals surface area contributed by atoms with Gasteiger partial charge in [-0.1, -0.05) is 29.8 Å². The van der Waals surface area contributed by atoms with Gasteiger partial charge in [-0.05, 0) is 18.6 Å². The Labute approximate surface area is 121 Å². The minimum absolute atomic E-state index is 0.292. The number of hydrogen-bond acceptors (Lipinski definition) is 4. The molecule has 1 aromatic carbocycles. The van der Waals surface area contributed by atoms with E-state index in [1.807, 2.05) is 24.3 Å². The van der Waals surface area contributed by atoms with E-state index in [2.05, 4.69) is 4.98 Å². The fourth-order valence-electron chi connectivity index (χ4n) is 2.30. The summed E-state index contributed by atoms with van der Waals surface area (Å²) in [5.41, 5.74) is 1.15. The molecule has 0 amide bonds. The number of carbonyl (C=O) groups excluding carboxylic acids is 1. The molecular formula is C15H14ClNO3. The molecule has 0 N–H and O–H groups in total. The Morgan fingerprint density at radius 2 is 2.30 bits per heavy atom. The molecule has 2 heterocycles. The molecule has 0 spiro atoms. The molecule has 20 heavy (non-hydrogen) atoms. The number of fused-ring (bicyclic) bond motifs is 1. The molecule has 0 aliphatic carbocycles. The number of halogens is 1. The summed E-state index contributed by atoms with van der Waals surface area (Å²) in [6, 6.07) is 8.93. The van der Waals surface area contributed by atoms with E-state index >= 15 is 0 Å². The van der Waals surface area contributed by atoms with Crippen molar-refractivity contribution in [3.8, 4) is 0 Å². The number of esters is 1. The molecule has 1 atom stereocenters. The summed E-state index contributed by atoms with van der Waals surface area (Å²) in [4.78, 5) is 16.4. The smallest absolute Gasteiger partial charge is 0.338 e. The maximum Gasteiger partial charge on any atom is 0.338 e. The van der Waals surface area contributed by atoms with E-state index in [0.29, 0.717) is 35.4 Å². The van der Waals surface area contributed by atoms with Crippen LogP contribution in [0.4, 0.5) is 0 Å². The monoisotopic (exact) mass is 291 g/mol. The Bertz CT molecular complexity index is 638. The number of nitrogens with zero attached hydrogens (tertiary/aromatic N) is 1.